The van der Waals surface area contributed by atoms with E-state index in [1.807, 2.05) is 20.8 Å². The maximum Gasteiger partial charge on any atom is 0.155 e. The standard InChI is InChI=1S/C8H15NO/c1-6(2)7(10)8(3)4-5-9-8/h6,9H,4-5H2,1-3H3. The van der Waals surface area contributed by atoms with Crippen molar-refractivity contribution in [3.63, 3.8) is 0 Å². The van der Waals surface area contributed by atoms with Crippen LogP contribution in [0.15, 0.2) is 0 Å². The van der Waals surface area contributed by atoms with Crippen molar-refractivity contribution < 1.29 is 4.79 Å². The summed E-state index contributed by atoms with van der Waals surface area (Å²) in [7, 11) is 0. The number of hydrogen-bond donors (Lipinski definition) is 1. The molecule has 1 heterocycles. The molecule has 0 saturated carbocycles. The van der Waals surface area contributed by atoms with Gasteiger partial charge in [0.05, 0.1) is 5.54 Å². The molecule has 0 aliphatic carbocycles. The van der Waals surface area contributed by atoms with Gasteiger partial charge in [0.2, 0.25) is 0 Å². The van der Waals surface area contributed by atoms with Crippen molar-refractivity contribution in [2.24, 2.45) is 5.92 Å². The summed E-state index contributed by atoms with van der Waals surface area (Å²) in [6.45, 7) is 6.88. The van der Waals surface area contributed by atoms with Crippen molar-refractivity contribution in [2.45, 2.75) is 32.7 Å². The normalized spacial score (nSPS) is 32.0. The highest BCUT2D eigenvalue weighted by Gasteiger charge is 2.39. The van der Waals surface area contributed by atoms with Crippen LogP contribution in [0.4, 0.5) is 0 Å². The summed E-state index contributed by atoms with van der Waals surface area (Å²) in [4.78, 5) is 11.4. The van der Waals surface area contributed by atoms with E-state index in [1.165, 1.54) is 0 Å². The van der Waals surface area contributed by atoms with Gasteiger partial charge in [0.25, 0.3) is 0 Å². The number of hydrogen-bond acceptors (Lipinski definition) is 2. The highest BCUT2D eigenvalue weighted by atomic mass is 16.1. The lowest BCUT2D eigenvalue weighted by molar-refractivity contribution is -0.130. The first kappa shape index (κ1) is 7.73. The van der Waals surface area contributed by atoms with E-state index in [0.29, 0.717) is 5.78 Å². The summed E-state index contributed by atoms with van der Waals surface area (Å²) in [5.74, 6) is 0.511. The number of rotatable bonds is 2. The van der Waals surface area contributed by atoms with Crippen LogP contribution in [-0.2, 0) is 4.79 Å². The fourth-order valence-corrected chi connectivity index (χ4v) is 1.35. The smallest absolute Gasteiger partial charge is 0.155 e. The molecule has 1 saturated heterocycles. The second-order valence-corrected chi connectivity index (χ2v) is 3.53. The minimum absolute atomic E-state index is 0.165. The highest BCUT2D eigenvalue weighted by molar-refractivity contribution is 5.90. The molecule has 0 radical (unpaired) electrons. The number of carbonyl (C=O) groups is 1. The Morgan fingerprint density at radius 2 is 2.10 bits per heavy atom. The monoisotopic (exact) mass is 141 g/mol. The third-order valence-electron chi connectivity index (χ3n) is 2.21. The Balaban J connectivity index is 2.55. The third-order valence-corrected chi connectivity index (χ3v) is 2.21. The van der Waals surface area contributed by atoms with E-state index in [2.05, 4.69) is 5.32 Å². The lowest BCUT2D eigenvalue weighted by Crippen LogP contribution is -2.61. The molecule has 1 unspecified atom stereocenters. The molecule has 1 N–H and O–H groups in total. The molecule has 1 fully saturated rings. The predicted octanol–water partition coefficient (Wildman–Crippen LogP) is 0.964. The van der Waals surface area contributed by atoms with Crippen LogP contribution < -0.4 is 5.32 Å². The molecular formula is C8H15NO. The van der Waals surface area contributed by atoms with Gasteiger partial charge in [-0.15, -0.1) is 0 Å². The Hall–Kier alpha value is -0.370. The fourth-order valence-electron chi connectivity index (χ4n) is 1.35. The van der Waals surface area contributed by atoms with E-state index in [0.717, 1.165) is 13.0 Å². The van der Waals surface area contributed by atoms with E-state index in [1.54, 1.807) is 0 Å². The Morgan fingerprint density at radius 1 is 1.60 bits per heavy atom. The molecule has 2 heteroatoms. The Morgan fingerprint density at radius 3 is 2.20 bits per heavy atom. The number of Topliss-reactive ketones (excluding diaryl/α,β-unsaturated/α-hetero) is 1. The minimum atomic E-state index is -0.186. The van der Waals surface area contributed by atoms with Gasteiger partial charge in [0, 0.05) is 5.92 Å². The zero-order valence-corrected chi connectivity index (χ0v) is 6.90. The van der Waals surface area contributed by atoms with E-state index >= 15 is 0 Å². The second-order valence-electron chi connectivity index (χ2n) is 3.53. The first-order valence-corrected chi connectivity index (χ1v) is 3.85. The number of ketones is 1. The Bertz CT molecular complexity index is 147. The van der Waals surface area contributed by atoms with E-state index in [4.69, 9.17) is 0 Å². The molecule has 58 valence electrons. The first-order valence-electron chi connectivity index (χ1n) is 3.85. The average Bonchev–Trinajstić information content (AvgIpc) is 1.81. The summed E-state index contributed by atoms with van der Waals surface area (Å²) in [5, 5.41) is 3.15. The average molecular weight is 141 g/mol. The van der Waals surface area contributed by atoms with Crippen molar-refractivity contribution >= 4 is 5.78 Å². The molecule has 1 aliphatic heterocycles. The fraction of sp³-hybridized carbons (Fsp3) is 0.875. The van der Waals surface area contributed by atoms with Crippen LogP contribution in [0.2, 0.25) is 0 Å². The topological polar surface area (TPSA) is 29.1 Å². The molecular weight excluding hydrogens is 126 g/mol. The van der Waals surface area contributed by atoms with Gasteiger partial charge in [0.1, 0.15) is 0 Å². The van der Waals surface area contributed by atoms with Gasteiger partial charge in [-0.1, -0.05) is 13.8 Å². The first-order chi connectivity index (χ1) is 4.56. The second kappa shape index (κ2) is 2.35. The largest absolute Gasteiger partial charge is 0.305 e. The van der Waals surface area contributed by atoms with E-state index < -0.39 is 0 Å². The van der Waals surface area contributed by atoms with Crippen LogP contribution in [0.1, 0.15) is 27.2 Å². The summed E-state index contributed by atoms with van der Waals surface area (Å²) < 4.78 is 0. The van der Waals surface area contributed by atoms with Crippen LogP contribution in [0, 0.1) is 5.92 Å². The van der Waals surface area contributed by atoms with Gasteiger partial charge in [0.15, 0.2) is 5.78 Å². The molecule has 10 heavy (non-hydrogen) atoms. The molecule has 1 atom stereocenters. The van der Waals surface area contributed by atoms with Crippen LogP contribution in [0.5, 0.6) is 0 Å². The van der Waals surface area contributed by atoms with E-state index in [9.17, 15) is 4.79 Å². The van der Waals surface area contributed by atoms with E-state index in [-0.39, 0.29) is 11.5 Å². The summed E-state index contributed by atoms with van der Waals surface area (Å²) in [5.41, 5.74) is -0.186. The van der Waals surface area contributed by atoms with Gasteiger partial charge in [-0.25, -0.2) is 0 Å². The van der Waals surface area contributed by atoms with Crippen LogP contribution in [0.25, 0.3) is 0 Å². The van der Waals surface area contributed by atoms with Crippen molar-refractivity contribution in [2.75, 3.05) is 6.54 Å². The molecule has 1 aliphatic rings. The lowest BCUT2D eigenvalue weighted by Gasteiger charge is -2.39. The van der Waals surface area contributed by atoms with Crippen LogP contribution >= 0.6 is 0 Å². The van der Waals surface area contributed by atoms with Gasteiger partial charge >= 0.3 is 0 Å². The van der Waals surface area contributed by atoms with Crippen molar-refractivity contribution in [1.82, 2.24) is 5.32 Å². The molecule has 0 aromatic carbocycles. The Kier molecular flexibility index (Phi) is 1.82. The van der Waals surface area contributed by atoms with Gasteiger partial charge in [-0.2, -0.15) is 0 Å². The van der Waals surface area contributed by atoms with Gasteiger partial charge in [-0.3, -0.25) is 4.79 Å². The van der Waals surface area contributed by atoms with Crippen LogP contribution in [-0.4, -0.2) is 17.9 Å². The zero-order chi connectivity index (χ0) is 7.78. The third kappa shape index (κ3) is 1.08. The van der Waals surface area contributed by atoms with Crippen molar-refractivity contribution in [3.8, 4) is 0 Å². The maximum absolute atomic E-state index is 11.4. The predicted molar refractivity (Wildman–Crippen MR) is 40.9 cm³/mol. The van der Waals surface area contributed by atoms with Crippen molar-refractivity contribution in [3.05, 3.63) is 0 Å². The van der Waals surface area contributed by atoms with Crippen molar-refractivity contribution in [1.29, 1.82) is 0 Å². The lowest BCUT2D eigenvalue weighted by atomic mass is 9.81. The maximum atomic E-state index is 11.4. The molecule has 0 aromatic rings. The SMILES string of the molecule is CC(C)C(=O)C1(C)CCN1. The summed E-state index contributed by atoms with van der Waals surface area (Å²) in [6.07, 6.45) is 1.00. The Labute approximate surface area is 62.0 Å². The minimum Gasteiger partial charge on any atom is -0.305 e. The zero-order valence-electron chi connectivity index (χ0n) is 6.90. The molecule has 0 spiro atoms. The molecule has 2 nitrogen and oxygen atoms in total. The molecule has 0 amide bonds. The van der Waals surface area contributed by atoms with Gasteiger partial charge < -0.3 is 5.32 Å². The molecule has 1 rings (SSSR count). The highest BCUT2D eigenvalue weighted by Crippen LogP contribution is 2.22. The van der Waals surface area contributed by atoms with Gasteiger partial charge in [-0.05, 0) is 19.9 Å². The summed E-state index contributed by atoms with van der Waals surface area (Å²) >= 11 is 0. The molecule has 0 aromatic heterocycles. The van der Waals surface area contributed by atoms with Crippen LogP contribution in [0.3, 0.4) is 0 Å². The number of nitrogens with one attached hydrogen (secondary N) is 1. The number of carbonyl (C=O) groups excluding carboxylic acids is 1. The quantitative estimate of drug-likeness (QED) is 0.620. The summed E-state index contributed by atoms with van der Waals surface area (Å²) in [6, 6.07) is 0. The molecule has 0 bridgehead atoms.